The third kappa shape index (κ3) is 5.11. The maximum absolute atomic E-state index is 12.9. The molecular weight excluding hydrogens is 448 g/mol. The second kappa shape index (κ2) is 10.1. The van der Waals surface area contributed by atoms with Crippen molar-refractivity contribution in [3.63, 3.8) is 0 Å². The molecule has 0 saturated carbocycles. The Morgan fingerprint density at radius 3 is 2.72 bits per heavy atom. The summed E-state index contributed by atoms with van der Waals surface area (Å²) in [6, 6.07) is 9.51. The molecule has 2 aromatic heterocycles. The molecule has 0 amide bonds. The van der Waals surface area contributed by atoms with Gasteiger partial charge in [0.2, 0.25) is 0 Å². The highest BCUT2D eigenvalue weighted by Gasteiger charge is 2.22. The summed E-state index contributed by atoms with van der Waals surface area (Å²) in [4.78, 5) is 29.8. The Kier molecular flexibility index (Phi) is 7.06. The molecule has 4 rings (SSSR count). The van der Waals surface area contributed by atoms with Crippen molar-refractivity contribution < 1.29 is 0 Å². The van der Waals surface area contributed by atoms with Gasteiger partial charge in [-0.1, -0.05) is 58.1 Å². The summed E-state index contributed by atoms with van der Waals surface area (Å²) in [5.41, 5.74) is 8.48. The second-order valence-corrected chi connectivity index (χ2v) is 9.19. The number of nitrogens with one attached hydrogen (secondary N) is 1. The molecule has 1 aromatic carbocycles. The van der Waals surface area contributed by atoms with Crippen molar-refractivity contribution in [2.24, 2.45) is 0 Å². The van der Waals surface area contributed by atoms with E-state index in [9.17, 15) is 9.59 Å². The number of aromatic amines is 1. The van der Waals surface area contributed by atoms with Crippen LogP contribution in [-0.2, 0) is 13.1 Å². The predicted molar refractivity (Wildman–Crippen MR) is 128 cm³/mol. The van der Waals surface area contributed by atoms with Crippen molar-refractivity contribution in [2.45, 2.75) is 45.2 Å². The van der Waals surface area contributed by atoms with Crippen LogP contribution in [0, 0.1) is 0 Å². The number of H-pyrrole nitrogens is 1. The van der Waals surface area contributed by atoms with Gasteiger partial charge < -0.3 is 10.6 Å². The third-order valence-electron chi connectivity index (χ3n) is 5.65. The molecule has 168 valence electrons. The number of anilines is 2. The van der Waals surface area contributed by atoms with Crippen molar-refractivity contribution in [1.82, 2.24) is 19.1 Å². The monoisotopic (exact) mass is 472 g/mol. The van der Waals surface area contributed by atoms with Crippen LogP contribution in [0.5, 0.6) is 0 Å². The largest absolute Gasteiger partial charge is 0.383 e. The number of nitrogen functional groups attached to an aromatic ring is 1. The Hall–Kier alpha value is -2.91. The molecule has 1 aliphatic rings. The lowest BCUT2D eigenvalue weighted by Crippen LogP contribution is -2.39. The van der Waals surface area contributed by atoms with Gasteiger partial charge in [0, 0.05) is 18.1 Å². The van der Waals surface area contributed by atoms with E-state index in [0.717, 1.165) is 36.4 Å². The zero-order valence-corrected chi connectivity index (χ0v) is 19.2. The highest BCUT2D eigenvalue weighted by molar-refractivity contribution is 7.10. The molecule has 3 N–H and O–H groups in total. The number of hydrogen-bond donors (Lipinski definition) is 2. The van der Waals surface area contributed by atoms with E-state index in [1.807, 2.05) is 35.2 Å². The summed E-state index contributed by atoms with van der Waals surface area (Å²) >= 11 is 7.34. The molecule has 0 fully saturated rings. The Balaban J connectivity index is 1.70. The first-order valence-corrected chi connectivity index (χ1v) is 11.7. The topological polar surface area (TPSA) is 110 Å². The quantitative estimate of drug-likeness (QED) is 0.485. The zero-order valence-electron chi connectivity index (χ0n) is 17.6. The van der Waals surface area contributed by atoms with Crippen LogP contribution in [0.25, 0.3) is 0 Å². The van der Waals surface area contributed by atoms with Crippen LogP contribution in [0.4, 0.5) is 11.5 Å². The van der Waals surface area contributed by atoms with Gasteiger partial charge in [0.25, 0.3) is 5.56 Å². The fourth-order valence-electron chi connectivity index (χ4n) is 3.96. The molecule has 0 radical (unpaired) electrons. The normalized spacial score (nSPS) is 13.7. The van der Waals surface area contributed by atoms with Crippen LogP contribution < -0.4 is 21.9 Å². The van der Waals surface area contributed by atoms with Crippen molar-refractivity contribution in [3.05, 3.63) is 78.4 Å². The molecule has 32 heavy (non-hydrogen) atoms. The maximum atomic E-state index is 12.9. The summed E-state index contributed by atoms with van der Waals surface area (Å²) in [5.74, 6) is 0.125. The van der Waals surface area contributed by atoms with E-state index >= 15 is 0 Å². The van der Waals surface area contributed by atoms with Gasteiger partial charge in [0.1, 0.15) is 21.5 Å². The third-order valence-corrected chi connectivity index (χ3v) is 6.64. The minimum absolute atomic E-state index is 0.125. The predicted octanol–water partition coefficient (Wildman–Crippen LogP) is 3.57. The van der Waals surface area contributed by atoms with Crippen LogP contribution in [0.15, 0.2) is 51.6 Å². The average molecular weight is 473 g/mol. The first-order chi connectivity index (χ1) is 15.5. The summed E-state index contributed by atoms with van der Waals surface area (Å²) < 4.78 is 5.76. The Morgan fingerprint density at radius 2 is 2.03 bits per heavy atom. The van der Waals surface area contributed by atoms with Crippen LogP contribution in [0.3, 0.4) is 0 Å². The van der Waals surface area contributed by atoms with Crippen LogP contribution in [0.2, 0.25) is 4.34 Å². The second-order valence-electron chi connectivity index (χ2n) is 7.84. The fourth-order valence-corrected chi connectivity index (χ4v) is 4.57. The standard InChI is InChI=1S/C22H25ClN6O2S/c23-19-17(26-27-32-19)14-28(12-11-15-7-3-1-4-8-15)18-20(24)29(22(31)25-21(18)30)13-16-9-5-2-6-10-16/h2,5-7,9-10H,1,3-4,8,11-14,24H2,(H,25,30,31). The van der Waals surface area contributed by atoms with E-state index in [4.69, 9.17) is 17.3 Å². The first kappa shape index (κ1) is 22.3. The van der Waals surface area contributed by atoms with Crippen molar-refractivity contribution >= 4 is 34.6 Å². The molecule has 0 spiro atoms. The van der Waals surface area contributed by atoms with Crippen LogP contribution >= 0.6 is 23.1 Å². The summed E-state index contributed by atoms with van der Waals surface area (Å²) in [6.07, 6.45) is 7.62. The molecule has 0 aliphatic heterocycles. The fraction of sp³-hybridized carbons (Fsp3) is 0.364. The van der Waals surface area contributed by atoms with Gasteiger partial charge in [-0.2, -0.15) is 0 Å². The van der Waals surface area contributed by atoms with Gasteiger partial charge >= 0.3 is 5.69 Å². The molecule has 10 heteroatoms. The first-order valence-electron chi connectivity index (χ1n) is 10.6. The smallest absolute Gasteiger partial charge is 0.330 e. The number of aromatic nitrogens is 4. The molecule has 1 aliphatic carbocycles. The minimum Gasteiger partial charge on any atom is -0.383 e. The van der Waals surface area contributed by atoms with Crippen molar-refractivity contribution in [1.29, 1.82) is 0 Å². The number of rotatable bonds is 8. The Morgan fingerprint density at radius 1 is 1.22 bits per heavy atom. The van der Waals surface area contributed by atoms with Crippen LogP contribution in [-0.4, -0.2) is 25.7 Å². The highest BCUT2D eigenvalue weighted by Crippen LogP contribution is 2.26. The number of halogens is 1. The average Bonchev–Trinajstić information content (AvgIpc) is 3.20. The lowest BCUT2D eigenvalue weighted by Gasteiger charge is -2.26. The zero-order chi connectivity index (χ0) is 22.5. The molecule has 2 heterocycles. The van der Waals surface area contributed by atoms with Gasteiger partial charge in [0.15, 0.2) is 0 Å². The summed E-state index contributed by atoms with van der Waals surface area (Å²) in [6.45, 7) is 1.09. The number of allylic oxidation sites excluding steroid dienone is 1. The van der Waals surface area contributed by atoms with Gasteiger partial charge in [-0.05, 0) is 37.7 Å². The molecule has 0 unspecified atom stereocenters. The van der Waals surface area contributed by atoms with E-state index in [1.54, 1.807) is 0 Å². The molecule has 0 bridgehead atoms. The van der Waals surface area contributed by atoms with Crippen molar-refractivity contribution in [3.8, 4) is 0 Å². The van der Waals surface area contributed by atoms with E-state index in [-0.39, 0.29) is 24.6 Å². The van der Waals surface area contributed by atoms with Gasteiger partial charge in [-0.25, -0.2) is 4.79 Å². The van der Waals surface area contributed by atoms with E-state index < -0.39 is 11.2 Å². The molecule has 8 nitrogen and oxygen atoms in total. The molecule has 0 atom stereocenters. The molecule has 3 aromatic rings. The van der Waals surface area contributed by atoms with E-state index in [0.29, 0.717) is 16.6 Å². The highest BCUT2D eigenvalue weighted by atomic mass is 35.5. The van der Waals surface area contributed by atoms with Crippen molar-refractivity contribution in [2.75, 3.05) is 17.2 Å². The SMILES string of the molecule is Nc1c(N(CCC2=CCCCC2)Cc2nnsc2Cl)c(=O)[nH]c(=O)n1Cc1ccccc1. The van der Waals surface area contributed by atoms with Gasteiger partial charge in [0.05, 0.1) is 13.1 Å². The van der Waals surface area contributed by atoms with E-state index in [1.165, 1.54) is 23.0 Å². The molecular formula is C22H25ClN6O2S. The maximum Gasteiger partial charge on any atom is 0.330 e. The Labute approximate surface area is 194 Å². The minimum atomic E-state index is -0.539. The lowest BCUT2D eigenvalue weighted by atomic mass is 9.97. The van der Waals surface area contributed by atoms with Gasteiger partial charge in [-0.15, -0.1) is 5.10 Å². The Bertz CT molecular complexity index is 1220. The van der Waals surface area contributed by atoms with Gasteiger partial charge in [-0.3, -0.25) is 14.3 Å². The lowest BCUT2D eigenvalue weighted by molar-refractivity contribution is 0.656. The van der Waals surface area contributed by atoms with Crippen LogP contribution in [0.1, 0.15) is 43.4 Å². The number of hydrogen-bond acceptors (Lipinski definition) is 7. The van der Waals surface area contributed by atoms with E-state index in [2.05, 4.69) is 20.6 Å². The number of nitrogens with zero attached hydrogens (tertiary/aromatic N) is 4. The summed E-state index contributed by atoms with van der Waals surface area (Å²) in [7, 11) is 0. The summed E-state index contributed by atoms with van der Waals surface area (Å²) in [5, 5.41) is 4.10. The number of benzene rings is 1. The number of nitrogens with two attached hydrogens (primary N) is 1. The molecule has 0 saturated heterocycles.